The Morgan fingerprint density at radius 1 is 1.25 bits per heavy atom. The van der Waals surface area contributed by atoms with E-state index in [1.165, 1.54) is 22.8 Å². The molecule has 0 bridgehead atoms. The Hall–Kier alpha value is -2.84. The predicted molar refractivity (Wildman–Crippen MR) is 80.1 cm³/mol. The molecule has 1 N–H and O–H groups in total. The molecule has 0 aliphatic carbocycles. The number of hydrogen-bond donors (Lipinski definition) is 1. The van der Waals surface area contributed by atoms with Crippen molar-refractivity contribution in [2.45, 2.75) is 19.1 Å². The fraction of sp³-hybridized carbons (Fsp3) is 0.267. The van der Waals surface area contributed by atoms with E-state index in [2.05, 4.69) is 5.32 Å². The number of alkyl halides is 3. The molecule has 3 rings (SSSR count). The molecule has 0 fully saturated rings. The van der Waals surface area contributed by atoms with Crippen molar-refractivity contribution in [2.75, 3.05) is 11.9 Å². The van der Waals surface area contributed by atoms with E-state index >= 15 is 0 Å². The third-order valence-electron chi connectivity index (χ3n) is 3.87. The average Bonchev–Trinajstić information content (AvgIpc) is 2.99. The lowest BCUT2D eigenvalue weighted by atomic mass is 10.00. The predicted octanol–water partition coefficient (Wildman–Crippen LogP) is 2.79. The molecule has 0 atom stereocenters. The smallest absolute Gasteiger partial charge is 0.364 e. The van der Waals surface area contributed by atoms with Gasteiger partial charge in [-0.15, -0.1) is 0 Å². The highest BCUT2D eigenvalue weighted by Crippen LogP contribution is 2.33. The summed E-state index contributed by atoms with van der Waals surface area (Å²) in [7, 11) is 0. The molecule has 0 spiro atoms. The summed E-state index contributed by atoms with van der Waals surface area (Å²) in [5, 5.41) is 13.9. The van der Waals surface area contributed by atoms with Crippen molar-refractivity contribution in [1.29, 1.82) is 0 Å². The van der Waals surface area contributed by atoms with Gasteiger partial charge in [0.25, 0.3) is 5.56 Å². The molecule has 1 aliphatic rings. The zero-order valence-electron chi connectivity index (χ0n) is 12.3. The van der Waals surface area contributed by atoms with Gasteiger partial charge in [-0.3, -0.25) is 19.5 Å². The highest BCUT2D eigenvalue weighted by molar-refractivity contribution is 5.60. The molecule has 0 amide bonds. The molecule has 2 aromatic rings. The van der Waals surface area contributed by atoms with Crippen LogP contribution in [0.1, 0.15) is 16.7 Å². The summed E-state index contributed by atoms with van der Waals surface area (Å²) in [6.07, 6.45) is -4.88. The second-order valence-corrected chi connectivity index (χ2v) is 5.38. The van der Waals surface area contributed by atoms with E-state index in [4.69, 9.17) is 0 Å². The Morgan fingerprint density at radius 3 is 2.62 bits per heavy atom. The third kappa shape index (κ3) is 2.72. The van der Waals surface area contributed by atoms with Gasteiger partial charge >= 0.3 is 11.9 Å². The molecule has 0 radical (unpaired) electrons. The topological polar surface area (TPSA) is 77.2 Å². The Balaban J connectivity index is 2.12. The van der Waals surface area contributed by atoms with Crippen LogP contribution in [0.4, 0.5) is 24.7 Å². The second-order valence-electron chi connectivity index (χ2n) is 5.38. The lowest BCUT2D eigenvalue weighted by Crippen LogP contribution is -2.23. The van der Waals surface area contributed by atoms with Crippen LogP contribution in [0.25, 0.3) is 0 Å². The first-order chi connectivity index (χ1) is 11.3. The summed E-state index contributed by atoms with van der Waals surface area (Å²) < 4.78 is 40.4. The van der Waals surface area contributed by atoms with Crippen LogP contribution in [0.2, 0.25) is 0 Å². The van der Waals surface area contributed by atoms with Crippen LogP contribution in [0, 0.1) is 10.1 Å². The van der Waals surface area contributed by atoms with Gasteiger partial charge in [-0.05, 0) is 11.6 Å². The zero-order valence-corrected chi connectivity index (χ0v) is 12.3. The lowest BCUT2D eigenvalue weighted by molar-refractivity contribution is -0.384. The summed E-state index contributed by atoms with van der Waals surface area (Å²) in [5.41, 5.74) is -1.81. The molecule has 24 heavy (non-hydrogen) atoms. The second kappa shape index (κ2) is 5.66. The molecule has 126 valence electrons. The van der Waals surface area contributed by atoms with Crippen LogP contribution in [0.5, 0.6) is 0 Å². The first-order valence-corrected chi connectivity index (χ1v) is 7.09. The van der Waals surface area contributed by atoms with Crippen molar-refractivity contribution in [1.82, 2.24) is 4.57 Å². The SMILES string of the molecule is O=c1c(Cc2ccccc2C(F)(F)F)cc([N+](=O)[O-])c2n1CCN2. The van der Waals surface area contributed by atoms with E-state index in [1.54, 1.807) is 0 Å². The molecular weight excluding hydrogens is 327 g/mol. The molecule has 0 saturated heterocycles. The zero-order chi connectivity index (χ0) is 17.5. The number of fused-ring (bicyclic) bond motifs is 1. The van der Waals surface area contributed by atoms with Crippen molar-refractivity contribution in [3.05, 3.63) is 67.5 Å². The van der Waals surface area contributed by atoms with Crippen LogP contribution >= 0.6 is 0 Å². The van der Waals surface area contributed by atoms with E-state index in [0.29, 0.717) is 6.54 Å². The maximum absolute atomic E-state index is 13.1. The van der Waals surface area contributed by atoms with Gasteiger partial charge in [-0.2, -0.15) is 13.2 Å². The molecule has 1 aliphatic heterocycles. The first-order valence-electron chi connectivity index (χ1n) is 7.09. The minimum Gasteiger partial charge on any atom is -0.364 e. The normalized spacial score (nSPS) is 13.5. The number of nitro groups is 1. The van der Waals surface area contributed by atoms with Crippen molar-refractivity contribution < 1.29 is 18.1 Å². The van der Waals surface area contributed by atoms with Crippen LogP contribution in [0.15, 0.2) is 35.1 Å². The molecule has 0 unspecified atom stereocenters. The number of nitrogens with one attached hydrogen (secondary N) is 1. The Morgan fingerprint density at radius 2 is 1.96 bits per heavy atom. The van der Waals surface area contributed by atoms with Gasteiger partial charge in [0, 0.05) is 31.1 Å². The minimum absolute atomic E-state index is 0.0362. The fourth-order valence-electron chi connectivity index (χ4n) is 2.82. The number of hydrogen-bond acceptors (Lipinski definition) is 4. The molecule has 0 saturated carbocycles. The standard InChI is InChI=1S/C15H12F3N3O3/c16-15(17,18)11-4-2-1-3-9(11)7-10-8-12(21(23)24)13-19-5-6-20(13)14(10)22/h1-4,8,19H,5-7H2. The van der Waals surface area contributed by atoms with E-state index in [-0.39, 0.29) is 35.6 Å². The molecule has 2 heterocycles. The van der Waals surface area contributed by atoms with Crippen molar-refractivity contribution in [2.24, 2.45) is 0 Å². The highest BCUT2D eigenvalue weighted by Gasteiger charge is 2.33. The summed E-state index contributed by atoms with van der Waals surface area (Å²) in [6.45, 7) is 0.600. The summed E-state index contributed by atoms with van der Waals surface area (Å²) in [5.74, 6) is 0.0952. The largest absolute Gasteiger partial charge is 0.416 e. The number of nitrogens with zero attached hydrogens (tertiary/aromatic N) is 2. The molecular formula is C15H12F3N3O3. The van der Waals surface area contributed by atoms with Crippen LogP contribution < -0.4 is 10.9 Å². The number of benzene rings is 1. The number of rotatable bonds is 3. The molecule has 1 aromatic heterocycles. The lowest BCUT2D eigenvalue weighted by Gasteiger charge is -2.13. The Kier molecular flexibility index (Phi) is 3.78. The molecule has 6 nitrogen and oxygen atoms in total. The van der Waals surface area contributed by atoms with Gasteiger partial charge in [0.05, 0.1) is 10.5 Å². The van der Waals surface area contributed by atoms with Crippen molar-refractivity contribution in [3.8, 4) is 0 Å². The number of anilines is 1. The minimum atomic E-state index is -4.56. The van der Waals surface area contributed by atoms with E-state index in [9.17, 15) is 28.1 Å². The van der Waals surface area contributed by atoms with Crippen LogP contribution in [-0.4, -0.2) is 16.0 Å². The highest BCUT2D eigenvalue weighted by atomic mass is 19.4. The molecule has 9 heteroatoms. The van der Waals surface area contributed by atoms with Crippen LogP contribution in [0.3, 0.4) is 0 Å². The van der Waals surface area contributed by atoms with Gasteiger partial charge in [0.2, 0.25) is 0 Å². The van der Waals surface area contributed by atoms with Gasteiger partial charge in [-0.1, -0.05) is 18.2 Å². The summed E-state index contributed by atoms with van der Waals surface area (Å²) in [4.78, 5) is 22.9. The van der Waals surface area contributed by atoms with Gasteiger partial charge in [0.15, 0.2) is 5.82 Å². The van der Waals surface area contributed by atoms with E-state index in [1.807, 2.05) is 0 Å². The van der Waals surface area contributed by atoms with Gasteiger partial charge in [-0.25, -0.2) is 0 Å². The van der Waals surface area contributed by atoms with E-state index < -0.39 is 22.2 Å². The number of halogens is 3. The van der Waals surface area contributed by atoms with Gasteiger partial charge in [0.1, 0.15) is 0 Å². The molecule has 1 aromatic carbocycles. The van der Waals surface area contributed by atoms with Gasteiger partial charge < -0.3 is 5.32 Å². The van der Waals surface area contributed by atoms with E-state index in [0.717, 1.165) is 12.1 Å². The summed E-state index contributed by atoms with van der Waals surface area (Å²) in [6, 6.07) is 5.94. The third-order valence-corrected chi connectivity index (χ3v) is 3.87. The van der Waals surface area contributed by atoms with Crippen molar-refractivity contribution >= 4 is 11.5 Å². The Labute approximate surface area is 133 Å². The fourth-order valence-corrected chi connectivity index (χ4v) is 2.82. The number of pyridine rings is 1. The quantitative estimate of drug-likeness (QED) is 0.689. The monoisotopic (exact) mass is 339 g/mol. The maximum Gasteiger partial charge on any atom is 0.416 e. The van der Waals surface area contributed by atoms with Crippen molar-refractivity contribution in [3.63, 3.8) is 0 Å². The first kappa shape index (κ1) is 16.0. The summed E-state index contributed by atoms with van der Waals surface area (Å²) >= 11 is 0. The average molecular weight is 339 g/mol. The Bertz CT molecular complexity index is 874. The number of aromatic nitrogens is 1. The maximum atomic E-state index is 13.1. The van der Waals surface area contributed by atoms with Crippen LogP contribution in [-0.2, 0) is 19.1 Å².